The van der Waals surface area contributed by atoms with Gasteiger partial charge < -0.3 is 4.74 Å². The maximum atomic E-state index is 12.7. The second-order valence-electron chi connectivity index (χ2n) is 8.22. The van der Waals surface area contributed by atoms with Crippen molar-refractivity contribution in [3.63, 3.8) is 0 Å². The van der Waals surface area contributed by atoms with Gasteiger partial charge in [0.05, 0.1) is 5.69 Å². The van der Waals surface area contributed by atoms with Crippen molar-refractivity contribution in [2.45, 2.75) is 84.0 Å². The summed E-state index contributed by atoms with van der Waals surface area (Å²) in [5.41, 5.74) is 0.493. The molecule has 0 N–H and O–H groups in total. The Morgan fingerprint density at radius 3 is 1.97 bits per heavy atom. The van der Waals surface area contributed by atoms with Crippen LogP contribution in [0.5, 0.6) is 0 Å². The van der Waals surface area contributed by atoms with Crippen LogP contribution in [0, 0.1) is 0 Å². The van der Waals surface area contributed by atoms with Gasteiger partial charge in [0.25, 0.3) is 0 Å². The quantitative estimate of drug-likeness (QED) is 0.249. The highest BCUT2D eigenvalue weighted by atomic mass is 16.5. The third-order valence-electron chi connectivity index (χ3n) is 5.60. The fourth-order valence-corrected chi connectivity index (χ4v) is 3.81. The zero-order valence-corrected chi connectivity index (χ0v) is 19.0. The van der Waals surface area contributed by atoms with Crippen LogP contribution >= 0.6 is 0 Å². The van der Waals surface area contributed by atoms with Crippen LogP contribution in [0.4, 0.5) is 10.5 Å². The molecule has 31 heavy (non-hydrogen) atoms. The molecule has 0 unspecified atom stereocenters. The maximum absolute atomic E-state index is 12.7. The number of hydrogen-bond acceptors (Lipinski definition) is 4. The summed E-state index contributed by atoms with van der Waals surface area (Å²) < 4.78 is 5.67. The molecular formula is C25H38N2O4. The lowest BCUT2D eigenvalue weighted by atomic mass is 10.1. The monoisotopic (exact) mass is 430 g/mol. The molecular weight excluding hydrogens is 392 g/mol. The fraction of sp³-hybridized carbons (Fsp3) is 0.640. The third-order valence-corrected chi connectivity index (χ3v) is 5.60. The lowest BCUT2D eigenvalue weighted by molar-refractivity contribution is -0.135. The molecule has 6 heteroatoms. The van der Waals surface area contributed by atoms with Crippen molar-refractivity contribution in [1.82, 2.24) is 4.90 Å². The van der Waals surface area contributed by atoms with E-state index in [1.54, 1.807) is 24.3 Å². The highest BCUT2D eigenvalue weighted by Gasteiger charge is 2.38. The van der Waals surface area contributed by atoms with Crippen LogP contribution in [0.15, 0.2) is 30.3 Å². The molecule has 1 saturated heterocycles. The second kappa shape index (κ2) is 14.7. The number of rotatable bonds is 16. The summed E-state index contributed by atoms with van der Waals surface area (Å²) in [6.45, 7) is 3.74. The molecule has 1 aromatic rings. The summed E-state index contributed by atoms with van der Waals surface area (Å²) >= 11 is 0. The predicted molar refractivity (Wildman–Crippen MR) is 123 cm³/mol. The maximum Gasteiger partial charge on any atom is 0.338 e. The molecule has 1 aliphatic heterocycles. The van der Waals surface area contributed by atoms with E-state index >= 15 is 0 Å². The zero-order valence-electron chi connectivity index (χ0n) is 19.0. The number of unbranched alkanes of at least 4 members (excludes halogenated alkanes) is 9. The number of imide groups is 2. The van der Waals surface area contributed by atoms with Gasteiger partial charge in [0.1, 0.15) is 6.42 Å². The van der Waals surface area contributed by atoms with Crippen molar-refractivity contribution < 1.29 is 19.1 Å². The van der Waals surface area contributed by atoms with E-state index in [4.69, 9.17) is 4.74 Å². The molecule has 1 fully saturated rings. The van der Waals surface area contributed by atoms with E-state index in [0.717, 1.165) is 16.2 Å². The van der Waals surface area contributed by atoms with Crippen molar-refractivity contribution >= 4 is 23.5 Å². The number of urea groups is 1. The Balaban J connectivity index is 1.55. The van der Waals surface area contributed by atoms with Gasteiger partial charge in [0.15, 0.2) is 0 Å². The molecule has 0 atom stereocenters. The molecule has 1 aromatic carbocycles. The van der Waals surface area contributed by atoms with Crippen LogP contribution in [-0.4, -0.2) is 42.5 Å². The Morgan fingerprint density at radius 1 is 0.742 bits per heavy atom. The highest BCUT2D eigenvalue weighted by Crippen LogP contribution is 2.21. The van der Waals surface area contributed by atoms with Gasteiger partial charge in [-0.15, -0.1) is 0 Å². The molecule has 172 valence electrons. The zero-order chi connectivity index (χ0) is 22.3. The molecule has 6 nitrogen and oxygen atoms in total. The first-order valence-corrected chi connectivity index (χ1v) is 11.9. The van der Waals surface area contributed by atoms with Gasteiger partial charge in [0, 0.05) is 19.8 Å². The first-order chi connectivity index (χ1) is 15.1. The Bertz CT molecular complexity index is 677. The minimum absolute atomic E-state index is 0.270. The molecule has 0 spiro atoms. The Hall–Kier alpha value is -2.21. The SMILES string of the molecule is CCCCCCCCCCCCOCCCN1C(=O)CC(=O)N(c2ccccc2)C1=O. The number of ether oxygens (including phenoxy) is 1. The van der Waals surface area contributed by atoms with Gasteiger partial charge in [-0.3, -0.25) is 14.5 Å². The number of nitrogens with zero attached hydrogens (tertiary/aromatic N) is 2. The molecule has 0 bridgehead atoms. The third kappa shape index (κ3) is 8.82. The van der Waals surface area contributed by atoms with Crippen LogP contribution in [0.1, 0.15) is 84.0 Å². The van der Waals surface area contributed by atoms with Crippen LogP contribution < -0.4 is 4.90 Å². The predicted octanol–water partition coefficient (Wildman–Crippen LogP) is 5.70. The van der Waals surface area contributed by atoms with Crippen molar-refractivity contribution in [3.05, 3.63) is 30.3 Å². The van der Waals surface area contributed by atoms with Crippen molar-refractivity contribution in [3.8, 4) is 0 Å². The van der Waals surface area contributed by atoms with Crippen molar-refractivity contribution in [2.24, 2.45) is 0 Å². The number of hydrogen-bond donors (Lipinski definition) is 0. The Labute approximate surface area is 186 Å². The first kappa shape index (κ1) is 25.1. The smallest absolute Gasteiger partial charge is 0.338 e. The highest BCUT2D eigenvalue weighted by molar-refractivity contribution is 6.26. The van der Waals surface area contributed by atoms with E-state index in [1.165, 1.54) is 57.8 Å². The number of anilines is 1. The summed E-state index contributed by atoms with van der Waals surface area (Å²) in [6, 6.07) is 8.16. The van der Waals surface area contributed by atoms with Crippen molar-refractivity contribution in [1.29, 1.82) is 0 Å². The number of carbonyl (C=O) groups excluding carboxylic acids is 3. The number of benzene rings is 1. The van der Waals surface area contributed by atoms with Crippen LogP contribution in [0.2, 0.25) is 0 Å². The van der Waals surface area contributed by atoms with Gasteiger partial charge in [-0.05, 0) is 25.0 Å². The normalized spacial score (nSPS) is 14.5. The van der Waals surface area contributed by atoms with E-state index in [9.17, 15) is 14.4 Å². The van der Waals surface area contributed by atoms with Crippen LogP contribution in [-0.2, 0) is 14.3 Å². The van der Waals surface area contributed by atoms with Gasteiger partial charge >= 0.3 is 6.03 Å². The number of para-hydroxylation sites is 1. The molecule has 0 saturated carbocycles. The fourth-order valence-electron chi connectivity index (χ4n) is 3.81. The number of carbonyl (C=O) groups is 3. The molecule has 0 aromatic heterocycles. The van der Waals surface area contributed by atoms with Crippen molar-refractivity contribution in [2.75, 3.05) is 24.7 Å². The van der Waals surface area contributed by atoms with E-state index in [1.807, 2.05) is 6.07 Å². The molecule has 0 aliphatic carbocycles. The standard InChI is InChI=1S/C25H38N2O4/c1-2-3-4-5-6-7-8-9-10-14-19-31-20-15-18-26-23(28)21-24(29)27(25(26)30)22-16-12-11-13-17-22/h11-13,16-17H,2-10,14-15,18-21H2,1H3. The second-order valence-corrected chi connectivity index (χ2v) is 8.22. The minimum atomic E-state index is -0.567. The summed E-state index contributed by atoms with van der Waals surface area (Å²) in [4.78, 5) is 39.3. The summed E-state index contributed by atoms with van der Waals surface area (Å²) in [5.74, 6) is -0.911. The Kier molecular flexibility index (Phi) is 11.9. The van der Waals surface area contributed by atoms with Crippen LogP contribution in [0.3, 0.4) is 0 Å². The largest absolute Gasteiger partial charge is 0.381 e. The molecule has 1 heterocycles. The lowest BCUT2D eigenvalue weighted by Gasteiger charge is -2.32. The number of amides is 4. The molecule has 0 radical (unpaired) electrons. The van der Waals surface area contributed by atoms with E-state index < -0.39 is 17.8 Å². The minimum Gasteiger partial charge on any atom is -0.381 e. The average molecular weight is 431 g/mol. The van der Waals surface area contributed by atoms with Gasteiger partial charge in [-0.25, -0.2) is 9.69 Å². The molecule has 1 aliphatic rings. The summed E-state index contributed by atoms with van der Waals surface area (Å²) in [5, 5.41) is 0. The molecule has 2 rings (SSSR count). The Morgan fingerprint density at radius 2 is 1.32 bits per heavy atom. The summed E-state index contributed by atoms with van der Waals surface area (Å²) in [6.07, 6.45) is 13.2. The van der Waals surface area contributed by atoms with Crippen LogP contribution in [0.25, 0.3) is 0 Å². The average Bonchev–Trinajstić information content (AvgIpc) is 2.76. The molecule has 4 amide bonds. The number of barbiturate groups is 1. The van der Waals surface area contributed by atoms with E-state index in [2.05, 4.69) is 6.92 Å². The van der Waals surface area contributed by atoms with Gasteiger partial charge in [0.2, 0.25) is 11.8 Å². The summed E-state index contributed by atoms with van der Waals surface area (Å²) in [7, 11) is 0. The van der Waals surface area contributed by atoms with E-state index in [-0.39, 0.29) is 13.0 Å². The topological polar surface area (TPSA) is 66.9 Å². The van der Waals surface area contributed by atoms with E-state index in [0.29, 0.717) is 25.3 Å². The van der Waals surface area contributed by atoms with Gasteiger partial charge in [-0.1, -0.05) is 82.9 Å². The van der Waals surface area contributed by atoms with Gasteiger partial charge in [-0.2, -0.15) is 0 Å². The lowest BCUT2D eigenvalue weighted by Crippen LogP contribution is -2.55. The first-order valence-electron chi connectivity index (χ1n) is 11.9.